The van der Waals surface area contributed by atoms with Gasteiger partial charge >= 0.3 is 0 Å². The maximum absolute atomic E-state index is 13.7. The van der Waals surface area contributed by atoms with E-state index in [1.54, 1.807) is 13.0 Å². The van der Waals surface area contributed by atoms with E-state index in [1.807, 2.05) is 0 Å². The van der Waals surface area contributed by atoms with Gasteiger partial charge in [0, 0.05) is 16.1 Å². The van der Waals surface area contributed by atoms with Gasteiger partial charge in [0.2, 0.25) is 0 Å². The average molecular weight is 357 g/mol. The maximum Gasteiger partial charge on any atom is 0.293 e. The Kier molecular flexibility index (Phi) is 4.52. The van der Waals surface area contributed by atoms with Crippen LogP contribution in [0.25, 0.3) is 0 Å². The normalized spacial score (nSPS) is 12.0. The Morgan fingerprint density at radius 1 is 1.29 bits per heavy atom. The van der Waals surface area contributed by atoms with E-state index in [0.29, 0.717) is 4.47 Å². The highest BCUT2D eigenvalue weighted by atomic mass is 79.9. The zero-order valence-electron chi connectivity index (χ0n) is 10.9. The third-order valence-corrected chi connectivity index (χ3v) is 3.47. The Hall–Kier alpha value is -2.02. The lowest BCUT2D eigenvalue weighted by Crippen LogP contribution is -2.10. The Bertz CT molecular complexity index is 695. The van der Waals surface area contributed by atoms with Crippen LogP contribution in [0.2, 0.25) is 0 Å². The van der Waals surface area contributed by atoms with Crippen molar-refractivity contribution >= 4 is 27.3 Å². The van der Waals surface area contributed by atoms with Crippen LogP contribution >= 0.6 is 15.9 Å². The van der Waals surface area contributed by atoms with Crippen molar-refractivity contribution in [2.75, 3.05) is 5.32 Å². The molecule has 7 heteroatoms. The molecule has 0 radical (unpaired) electrons. The topological polar surface area (TPSA) is 55.2 Å². The summed E-state index contributed by atoms with van der Waals surface area (Å²) in [6, 6.07) is 7.70. The standard InChI is InChI=1S/C14H11BrF2N2O2/c1-8(10-3-2-4-11(16)14(10)17)18-12-6-5-9(15)7-13(12)19(20)21/h2-8,18H,1H3. The fourth-order valence-corrected chi connectivity index (χ4v) is 2.29. The van der Waals surface area contributed by atoms with E-state index in [2.05, 4.69) is 21.2 Å². The van der Waals surface area contributed by atoms with Gasteiger partial charge in [-0.3, -0.25) is 10.1 Å². The van der Waals surface area contributed by atoms with Crippen LogP contribution in [0, 0.1) is 21.7 Å². The van der Waals surface area contributed by atoms with Gasteiger partial charge in [-0.2, -0.15) is 0 Å². The molecule has 0 spiro atoms. The first kappa shape index (κ1) is 15.4. The number of nitrogens with one attached hydrogen (secondary N) is 1. The van der Waals surface area contributed by atoms with Crippen molar-refractivity contribution in [2.24, 2.45) is 0 Å². The average Bonchev–Trinajstić information content (AvgIpc) is 2.43. The number of nitro benzene ring substituents is 1. The molecule has 0 aliphatic rings. The smallest absolute Gasteiger partial charge is 0.293 e. The lowest BCUT2D eigenvalue weighted by Gasteiger charge is -2.16. The van der Waals surface area contributed by atoms with Crippen LogP contribution in [0.15, 0.2) is 40.9 Å². The van der Waals surface area contributed by atoms with Crippen LogP contribution in [-0.2, 0) is 0 Å². The van der Waals surface area contributed by atoms with Gasteiger partial charge in [-0.1, -0.05) is 28.1 Å². The first-order valence-electron chi connectivity index (χ1n) is 6.04. The molecule has 0 heterocycles. The molecular weight excluding hydrogens is 346 g/mol. The number of hydrogen-bond acceptors (Lipinski definition) is 3. The Morgan fingerprint density at radius 3 is 2.67 bits per heavy atom. The molecule has 0 aliphatic carbocycles. The fraction of sp³-hybridized carbons (Fsp3) is 0.143. The van der Waals surface area contributed by atoms with E-state index >= 15 is 0 Å². The van der Waals surface area contributed by atoms with Crippen LogP contribution in [-0.4, -0.2) is 4.92 Å². The third kappa shape index (κ3) is 3.36. The molecule has 21 heavy (non-hydrogen) atoms. The van der Waals surface area contributed by atoms with Gasteiger partial charge in [-0.25, -0.2) is 8.78 Å². The zero-order chi connectivity index (χ0) is 15.6. The van der Waals surface area contributed by atoms with Crippen molar-refractivity contribution in [3.05, 3.63) is 68.2 Å². The van der Waals surface area contributed by atoms with Crippen LogP contribution in [0.3, 0.4) is 0 Å². The largest absolute Gasteiger partial charge is 0.373 e. The number of anilines is 1. The molecule has 4 nitrogen and oxygen atoms in total. The van der Waals surface area contributed by atoms with Crippen molar-refractivity contribution in [2.45, 2.75) is 13.0 Å². The van der Waals surface area contributed by atoms with E-state index in [4.69, 9.17) is 0 Å². The Morgan fingerprint density at radius 2 is 2.00 bits per heavy atom. The molecule has 2 rings (SSSR count). The lowest BCUT2D eigenvalue weighted by atomic mass is 10.1. The second kappa shape index (κ2) is 6.17. The molecule has 0 saturated heterocycles. The van der Waals surface area contributed by atoms with Crippen LogP contribution in [0.1, 0.15) is 18.5 Å². The number of benzene rings is 2. The molecule has 0 fully saturated rings. The Labute approximate surface area is 128 Å². The van der Waals surface area contributed by atoms with Crippen molar-refractivity contribution in [3.63, 3.8) is 0 Å². The third-order valence-electron chi connectivity index (χ3n) is 2.98. The molecule has 0 amide bonds. The quantitative estimate of drug-likeness (QED) is 0.631. The number of hydrogen-bond donors (Lipinski definition) is 1. The highest BCUT2D eigenvalue weighted by molar-refractivity contribution is 9.10. The van der Waals surface area contributed by atoms with E-state index < -0.39 is 22.6 Å². The molecular formula is C14H11BrF2N2O2. The molecule has 1 atom stereocenters. The van der Waals surface area contributed by atoms with Gasteiger partial charge in [0.15, 0.2) is 11.6 Å². The van der Waals surface area contributed by atoms with Gasteiger partial charge in [0.1, 0.15) is 5.69 Å². The SMILES string of the molecule is CC(Nc1ccc(Br)cc1[N+](=O)[O-])c1cccc(F)c1F. The molecule has 0 saturated carbocycles. The van der Waals surface area contributed by atoms with Crippen molar-refractivity contribution in [3.8, 4) is 0 Å². The van der Waals surface area contributed by atoms with Crippen LogP contribution in [0.5, 0.6) is 0 Å². The first-order valence-corrected chi connectivity index (χ1v) is 6.84. The number of nitro groups is 1. The summed E-state index contributed by atoms with van der Waals surface area (Å²) in [7, 11) is 0. The minimum Gasteiger partial charge on any atom is -0.373 e. The van der Waals surface area contributed by atoms with E-state index in [-0.39, 0.29) is 16.9 Å². The number of halogens is 3. The van der Waals surface area contributed by atoms with E-state index in [9.17, 15) is 18.9 Å². The summed E-state index contributed by atoms with van der Waals surface area (Å²) in [5.41, 5.74) is 0.194. The van der Waals surface area contributed by atoms with Crippen LogP contribution < -0.4 is 5.32 Å². The van der Waals surface area contributed by atoms with E-state index in [0.717, 1.165) is 6.07 Å². The summed E-state index contributed by atoms with van der Waals surface area (Å²) in [6.45, 7) is 1.60. The van der Waals surface area contributed by atoms with Gasteiger partial charge in [-0.15, -0.1) is 0 Å². The minimum atomic E-state index is -0.961. The summed E-state index contributed by atoms with van der Waals surface area (Å²) in [5.74, 6) is -1.91. The summed E-state index contributed by atoms with van der Waals surface area (Å²) < 4.78 is 27.5. The predicted octanol–water partition coefficient (Wildman–Crippen LogP) is 4.81. The first-order chi connectivity index (χ1) is 9.90. The van der Waals surface area contributed by atoms with Crippen molar-refractivity contribution in [1.82, 2.24) is 0 Å². The second-order valence-electron chi connectivity index (χ2n) is 4.43. The van der Waals surface area contributed by atoms with Gasteiger partial charge in [0.05, 0.1) is 11.0 Å². The summed E-state index contributed by atoms with van der Waals surface area (Å²) >= 11 is 3.16. The second-order valence-corrected chi connectivity index (χ2v) is 5.34. The summed E-state index contributed by atoms with van der Waals surface area (Å²) in [4.78, 5) is 10.5. The van der Waals surface area contributed by atoms with Crippen LogP contribution in [0.4, 0.5) is 20.2 Å². The van der Waals surface area contributed by atoms with Gasteiger partial charge in [-0.05, 0) is 25.1 Å². The van der Waals surface area contributed by atoms with Crippen molar-refractivity contribution < 1.29 is 13.7 Å². The fourth-order valence-electron chi connectivity index (χ4n) is 1.94. The number of nitrogens with zero attached hydrogens (tertiary/aromatic N) is 1. The highest BCUT2D eigenvalue weighted by Gasteiger charge is 2.19. The molecule has 0 aliphatic heterocycles. The van der Waals surface area contributed by atoms with Gasteiger partial charge < -0.3 is 5.32 Å². The molecule has 1 N–H and O–H groups in total. The number of rotatable bonds is 4. The zero-order valence-corrected chi connectivity index (χ0v) is 12.5. The minimum absolute atomic E-state index is 0.104. The monoisotopic (exact) mass is 356 g/mol. The molecule has 0 bridgehead atoms. The lowest BCUT2D eigenvalue weighted by molar-refractivity contribution is -0.384. The molecule has 110 valence electrons. The molecule has 2 aromatic rings. The Balaban J connectivity index is 2.34. The molecule has 1 unspecified atom stereocenters. The predicted molar refractivity (Wildman–Crippen MR) is 79.2 cm³/mol. The molecule has 0 aromatic heterocycles. The molecule has 2 aromatic carbocycles. The maximum atomic E-state index is 13.7. The van der Waals surface area contributed by atoms with Crippen molar-refractivity contribution in [1.29, 1.82) is 0 Å². The summed E-state index contributed by atoms with van der Waals surface area (Å²) in [5, 5.41) is 13.9. The highest BCUT2D eigenvalue weighted by Crippen LogP contribution is 2.31. The summed E-state index contributed by atoms with van der Waals surface area (Å²) in [6.07, 6.45) is 0. The van der Waals surface area contributed by atoms with Gasteiger partial charge in [0.25, 0.3) is 5.69 Å². The van der Waals surface area contributed by atoms with E-state index in [1.165, 1.54) is 24.3 Å².